The molecule has 2 heterocycles. The van der Waals surface area contributed by atoms with Crippen LogP contribution in [0.15, 0.2) is 91.1 Å². The number of hydrogen-bond acceptors (Lipinski definition) is 3. The number of aromatic nitrogens is 2. The average molecular weight is 401 g/mol. The quantitative estimate of drug-likeness (QED) is 0.377. The Bertz CT molecular complexity index is 1410. The molecule has 0 saturated heterocycles. The van der Waals surface area contributed by atoms with Crippen LogP contribution in [0.2, 0.25) is 0 Å². The summed E-state index contributed by atoms with van der Waals surface area (Å²) in [6.07, 6.45) is 1.93. The zero-order valence-electron chi connectivity index (χ0n) is 17.0. The molecule has 5 rings (SSSR count). The van der Waals surface area contributed by atoms with Gasteiger partial charge in [-0.05, 0) is 42.0 Å². The van der Waals surface area contributed by atoms with Crippen molar-refractivity contribution in [2.75, 3.05) is 7.11 Å². The van der Waals surface area contributed by atoms with Crippen molar-refractivity contribution in [1.29, 1.82) is 5.26 Å². The summed E-state index contributed by atoms with van der Waals surface area (Å²) in [7, 11) is 1.65. The molecule has 0 aliphatic heterocycles. The first-order chi connectivity index (χ1) is 15.3. The Morgan fingerprint density at radius 3 is 2.32 bits per heavy atom. The molecule has 4 heteroatoms. The normalized spacial score (nSPS) is 10.7. The lowest BCUT2D eigenvalue weighted by atomic mass is 9.94. The Labute approximate surface area is 180 Å². The summed E-state index contributed by atoms with van der Waals surface area (Å²) in [6.45, 7) is 0. The molecule has 3 aromatic carbocycles. The molecule has 0 aliphatic rings. The van der Waals surface area contributed by atoms with Gasteiger partial charge in [0.25, 0.3) is 0 Å². The van der Waals surface area contributed by atoms with Crippen LogP contribution in [0.5, 0.6) is 5.75 Å². The van der Waals surface area contributed by atoms with E-state index in [1.54, 1.807) is 7.11 Å². The van der Waals surface area contributed by atoms with E-state index in [0.717, 1.165) is 44.6 Å². The van der Waals surface area contributed by atoms with Gasteiger partial charge >= 0.3 is 0 Å². The van der Waals surface area contributed by atoms with Gasteiger partial charge in [0.2, 0.25) is 0 Å². The molecule has 4 nitrogen and oxygen atoms in total. The van der Waals surface area contributed by atoms with Gasteiger partial charge in [0.1, 0.15) is 11.8 Å². The summed E-state index contributed by atoms with van der Waals surface area (Å²) < 4.78 is 5.30. The summed E-state index contributed by atoms with van der Waals surface area (Å²) in [4.78, 5) is 8.27. The van der Waals surface area contributed by atoms with E-state index < -0.39 is 0 Å². The van der Waals surface area contributed by atoms with Gasteiger partial charge in [-0.2, -0.15) is 5.26 Å². The molecule has 0 bridgehead atoms. The van der Waals surface area contributed by atoms with E-state index in [1.165, 1.54) is 0 Å². The van der Waals surface area contributed by atoms with E-state index in [1.807, 2.05) is 91.1 Å². The number of ether oxygens (including phenoxy) is 1. The standard InChI is InChI=1S/C27H19N3O/c1-31-20-13-11-19(12-14-20)26-15-22(18-7-3-2-4-8-18)23(16-28)27(30-26)24-17-29-25-10-6-5-9-21(24)25/h2-15,17,29H,1H3. The molecule has 0 fully saturated rings. The molecule has 5 aromatic rings. The molecule has 0 saturated carbocycles. The highest BCUT2D eigenvalue weighted by molar-refractivity contribution is 5.97. The topological polar surface area (TPSA) is 61.7 Å². The number of fused-ring (bicyclic) bond motifs is 1. The van der Waals surface area contributed by atoms with Gasteiger partial charge in [-0.1, -0.05) is 48.5 Å². The monoisotopic (exact) mass is 401 g/mol. The maximum Gasteiger partial charge on any atom is 0.118 e. The van der Waals surface area contributed by atoms with Gasteiger partial charge in [0, 0.05) is 33.8 Å². The maximum absolute atomic E-state index is 10.1. The van der Waals surface area contributed by atoms with Gasteiger partial charge < -0.3 is 9.72 Å². The molecule has 0 amide bonds. The minimum absolute atomic E-state index is 0.563. The Morgan fingerprint density at radius 2 is 1.58 bits per heavy atom. The van der Waals surface area contributed by atoms with Crippen LogP contribution in [0.1, 0.15) is 5.56 Å². The fourth-order valence-corrected chi connectivity index (χ4v) is 3.88. The number of para-hydroxylation sites is 1. The van der Waals surface area contributed by atoms with E-state index in [9.17, 15) is 5.26 Å². The third kappa shape index (κ3) is 3.33. The maximum atomic E-state index is 10.1. The Hall–Kier alpha value is -4.36. The third-order valence-corrected chi connectivity index (χ3v) is 5.45. The van der Waals surface area contributed by atoms with Crippen molar-refractivity contribution in [3.8, 4) is 45.5 Å². The lowest BCUT2D eigenvalue weighted by molar-refractivity contribution is 0.415. The molecule has 0 radical (unpaired) electrons. The minimum atomic E-state index is 0.563. The van der Waals surface area contributed by atoms with Gasteiger partial charge in [0.05, 0.1) is 24.1 Å². The predicted octanol–water partition coefficient (Wildman–Crippen LogP) is 6.44. The van der Waals surface area contributed by atoms with Gasteiger partial charge in [-0.15, -0.1) is 0 Å². The van der Waals surface area contributed by atoms with Crippen molar-refractivity contribution in [2.45, 2.75) is 0 Å². The van der Waals surface area contributed by atoms with Gasteiger partial charge in [0.15, 0.2) is 0 Å². The fraction of sp³-hybridized carbons (Fsp3) is 0.0370. The van der Waals surface area contributed by atoms with Crippen molar-refractivity contribution in [3.63, 3.8) is 0 Å². The Morgan fingerprint density at radius 1 is 0.839 bits per heavy atom. The van der Waals surface area contributed by atoms with E-state index in [2.05, 4.69) is 11.1 Å². The smallest absolute Gasteiger partial charge is 0.118 e. The van der Waals surface area contributed by atoms with Gasteiger partial charge in [-0.3, -0.25) is 0 Å². The van der Waals surface area contributed by atoms with Crippen molar-refractivity contribution in [1.82, 2.24) is 9.97 Å². The first-order valence-corrected chi connectivity index (χ1v) is 10.00. The highest BCUT2D eigenvalue weighted by Crippen LogP contribution is 2.37. The summed E-state index contributed by atoms with van der Waals surface area (Å²) in [5, 5.41) is 11.2. The Balaban J connectivity index is 1.81. The molecule has 1 N–H and O–H groups in total. The lowest BCUT2D eigenvalue weighted by Crippen LogP contribution is -1.97. The molecule has 0 atom stereocenters. The molecule has 0 spiro atoms. The number of pyridine rings is 1. The van der Waals surface area contributed by atoms with Crippen molar-refractivity contribution in [3.05, 3.63) is 96.7 Å². The van der Waals surface area contributed by atoms with Crippen LogP contribution in [0, 0.1) is 11.3 Å². The van der Waals surface area contributed by atoms with E-state index in [4.69, 9.17) is 9.72 Å². The van der Waals surface area contributed by atoms with Crippen LogP contribution in [-0.4, -0.2) is 17.1 Å². The van der Waals surface area contributed by atoms with Gasteiger partial charge in [-0.25, -0.2) is 4.98 Å². The van der Waals surface area contributed by atoms with Crippen LogP contribution in [0.4, 0.5) is 0 Å². The zero-order valence-corrected chi connectivity index (χ0v) is 17.0. The zero-order chi connectivity index (χ0) is 21.2. The average Bonchev–Trinajstić information content (AvgIpc) is 3.28. The molecule has 31 heavy (non-hydrogen) atoms. The summed E-state index contributed by atoms with van der Waals surface area (Å²) in [5.74, 6) is 0.789. The number of aromatic amines is 1. The van der Waals surface area contributed by atoms with Crippen LogP contribution < -0.4 is 4.74 Å². The summed E-state index contributed by atoms with van der Waals surface area (Å²) in [5.41, 5.74) is 6.78. The molecule has 0 unspecified atom stereocenters. The largest absolute Gasteiger partial charge is 0.497 e. The molecular formula is C27H19N3O. The SMILES string of the molecule is COc1ccc(-c2cc(-c3ccccc3)c(C#N)c(-c3c[nH]c4ccccc34)n2)cc1. The summed E-state index contributed by atoms with van der Waals surface area (Å²) >= 11 is 0. The highest BCUT2D eigenvalue weighted by Gasteiger charge is 2.19. The van der Waals surface area contributed by atoms with Crippen molar-refractivity contribution in [2.24, 2.45) is 0 Å². The minimum Gasteiger partial charge on any atom is -0.497 e. The van der Waals surface area contributed by atoms with Crippen LogP contribution >= 0.6 is 0 Å². The number of hydrogen-bond donors (Lipinski definition) is 1. The second-order valence-electron chi connectivity index (χ2n) is 7.23. The van der Waals surface area contributed by atoms with Crippen molar-refractivity contribution < 1.29 is 4.74 Å². The number of rotatable bonds is 4. The number of nitriles is 1. The first kappa shape index (κ1) is 18.7. The lowest BCUT2D eigenvalue weighted by Gasteiger charge is -2.13. The predicted molar refractivity (Wildman–Crippen MR) is 124 cm³/mol. The van der Waals surface area contributed by atoms with Crippen LogP contribution in [0.3, 0.4) is 0 Å². The number of benzene rings is 3. The third-order valence-electron chi connectivity index (χ3n) is 5.45. The summed E-state index contributed by atoms with van der Waals surface area (Å²) in [6, 6.07) is 30.3. The molecule has 0 aliphatic carbocycles. The first-order valence-electron chi connectivity index (χ1n) is 10.00. The number of methoxy groups -OCH3 is 1. The second-order valence-corrected chi connectivity index (χ2v) is 7.23. The second kappa shape index (κ2) is 7.81. The van der Waals surface area contributed by atoms with Crippen molar-refractivity contribution >= 4 is 10.9 Å². The van der Waals surface area contributed by atoms with E-state index in [0.29, 0.717) is 11.3 Å². The molecule has 2 aromatic heterocycles. The molecular weight excluding hydrogens is 382 g/mol. The number of H-pyrrole nitrogens is 1. The van der Waals surface area contributed by atoms with Crippen LogP contribution in [-0.2, 0) is 0 Å². The molecule has 148 valence electrons. The highest BCUT2D eigenvalue weighted by atomic mass is 16.5. The van der Waals surface area contributed by atoms with E-state index >= 15 is 0 Å². The van der Waals surface area contributed by atoms with Crippen LogP contribution in [0.25, 0.3) is 44.5 Å². The van der Waals surface area contributed by atoms with E-state index in [-0.39, 0.29) is 0 Å². The fourth-order valence-electron chi connectivity index (χ4n) is 3.88. The number of nitrogens with zero attached hydrogens (tertiary/aromatic N) is 2. The Kier molecular flexibility index (Phi) is 4.70. The number of nitrogens with one attached hydrogen (secondary N) is 1.